The fraction of sp³-hybridized carbons (Fsp3) is 0.500. The molecule has 1 saturated heterocycles. The molecule has 2 aromatic rings. The van der Waals surface area contributed by atoms with E-state index >= 15 is 0 Å². The summed E-state index contributed by atoms with van der Waals surface area (Å²) in [6.45, 7) is 5.89. The largest absolute Gasteiger partial charge is 0.468 e. The zero-order chi connectivity index (χ0) is 15.9. The predicted octanol–water partition coefficient (Wildman–Crippen LogP) is 3.62. The van der Waals surface area contributed by atoms with Crippen LogP contribution in [0.5, 0.6) is 0 Å². The molecule has 0 bridgehead atoms. The maximum Gasteiger partial charge on any atom is 0.323 e. The number of hydrogen-bond donors (Lipinski definition) is 1. The van der Waals surface area contributed by atoms with Crippen LogP contribution in [-0.4, -0.2) is 42.1 Å². The first-order valence-electron chi connectivity index (χ1n) is 8.16. The van der Waals surface area contributed by atoms with E-state index in [9.17, 15) is 4.79 Å². The number of rotatable bonds is 4. The predicted molar refractivity (Wildman–Crippen MR) is 92.1 cm³/mol. The highest BCUT2D eigenvalue weighted by Crippen LogP contribution is 2.22. The Labute approximate surface area is 133 Å². The van der Waals surface area contributed by atoms with E-state index in [-0.39, 0.29) is 13.4 Å². The van der Waals surface area contributed by atoms with Gasteiger partial charge in [-0.3, -0.25) is 9.69 Å². The van der Waals surface area contributed by atoms with Crippen LogP contribution in [0.1, 0.15) is 33.7 Å². The Morgan fingerprint density at radius 2 is 2.18 bits per heavy atom. The van der Waals surface area contributed by atoms with E-state index in [1.54, 1.807) is 0 Å². The van der Waals surface area contributed by atoms with Gasteiger partial charge in [0.05, 0.1) is 7.11 Å². The average molecular weight is 304 g/mol. The Morgan fingerprint density at radius 3 is 2.95 bits per heavy atom. The van der Waals surface area contributed by atoms with Crippen LogP contribution in [0.2, 0.25) is 0 Å². The van der Waals surface area contributed by atoms with Crippen molar-refractivity contribution in [3.05, 3.63) is 36.0 Å². The van der Waals surface area contributed by atoms with Crippen LogP contribution < -0.4 is 0 Å². The zero-order valence-electron chi connectivity index (χ0n) is 13.8. The lowest BCUT2D eigenvalue weighted by Gasteiger charge is -2.21. The number of esters is 1. The Kier molecular flexibility index (Phi) is 6.01. The molecule has 1 aliphatic heterocycles. The van der Waals surface area contributed by atoms with Gasteiger partial charge in [-0.15, -0.1) is 0 Å². The first kappa shape index (κ1) is 16.6. The number of aromatic nitrogens is 1. The number of nitrogens with zero attached hydrogens (tertiary/aromatic N) is 1. The number of benzene rings is 1. The van der Waals surface area contributed by atoms with Crippen molar-refractivity contribution in [3.8, 4) is 0 Å². The van der Waals surface area contributed by atoms with Crippen LogP contribution in [0.4, 0.5) is 0 Å². The average Bonchev–Trinajstić information content (AvgIpc) is 3.21. The topological polar surface area (TPSA) is 45.3 Å². The normalized spacial score (nSPS) is 18.0. The minimum absolute atomic E-state index is 0. The molecule has 22 heavy (non-hydrogen) atoms. The molecule has 0 unspecified atom stereocenters. The van der Waals surface area contributed by atoms with Gasteiger partial charge in [0, 0.05) is 25.1 Å². The number of carbonyl (C=O) groups excluding carboxylic acids is 1. The van der Waals surface area contributed by atoms with Gasteiger partial charge in [0.1, 0.15) is 6.04 Å². The van der Waals surface area contributed by atoms with Crippen LogP contribution in [-0.2, 0) is 16.0 Å². The first-order valence-corrected chi connectivity index (χ1v) is 8.16. The molecule has 0 saturated carbocycles. The van der Waals surface area contributed by atoms with Gasteiger partial charge in [-0.25, -0.2) is 0 Å². The second kappa shape index (κ2) is 7.99. The third-order valence-electron chi connectivity index (χ3n) is 4.18. The van der Waals surface area contributed by atoms with Crippen molar-refractivity contribution in [2.24, 2.45) is 0 Å². The number of nitrogens with one attached hydrogen (secondary N) is 1. The minimum atomic E-state index is -0.0959. The minimum Gasteiger partial charge on any atom is -0.468 e. The monoisotopic (exact) mass is 304 g/mol. The van der Waals surface area contributed by atoms with Crippen molar-refractivity contribution in [1.29, 1.82) is 0 Å². The lowest BCUT2D eigenvalue weighted by atomic mass is 10.1. The SMILES string of the molecule is CC.COC(=O)[C@@H]1CCCN1CCc1c[nH]c2ccccc12.[HH]. The number of likely N-dealkylation sites (tertiary alicyclic amines) is 1. The first-order chi connectivity index (χ1) is 10.8. The summed E-state index contributed by atoms with van der Waals surface area (Å²) in [5.74, 6) is -0.0959. The van der Waals surface area contributed by atoms with E-state index < -0.39 is 0 Å². The van der Waals surface area contributed by atoms with Gasteiger partial charge in [-0.1, -0.05) is 32.0 Å². The number of carbonyl (C=O) groups is 1. The molecule has 0 spiro atoms. The van der Waals surface area contributed by atoms with Gasteiger partial charge in [-0.2, -0.15) is 0 Å². The lowest BCUT2D eigenvalue weighted by Crippen LogP contribution is -2.38. The Morgan fingerprint density at radius 1 is 1.41 bits per heavy atom. The van der Waals surface area contributed by atoms with Crippen molar-refractivity contribution >= 4 is 16.9 Å². The summed E-state index contributed by atoms with van der Waals surface area (Å²) < 4.78 is 4.88. The Bertz CT molecular complexity index is 612. The third-order valence-corrected chi connectivity index (χ3v) is 4.18. The van der Waals surface area contributed by atoms with E-state index in [4.69, 9.17) is 4.74 Å². The highest BCUT2D eigenvalue weighted by molar-refractivity contribution is 5.83. The highest BCUT2D eigenvalue weighted by Gasteiger charge is 2.30. The molecule has 0 aliphatic carbocycles. The summed E-state index contributed by atoms with van der Waals surface area (Å²) in [4.78, 5) is 17.3. The summed E-state index contributed by atoms with van der Waals surface area (Å²) in [5, 5.41) is 1.28. The van der Waals surface area contributed by atoms with Crippen molar-refractivity contribution in [3.63, 3.8) is 0 Å². The molecule has 1 fully saturated rings. The number of aromatic amines is 1. The van der Waals surface area contributed by atoms with Crippen LogP contribution in [0.15, 0.2) is 30.5 Å². The van der Waals surface area contributed by atoms with Crippen LogP contribution in [0.25, 0.3) is 10.9 Å². The molecule has 1 aliphatic rings. The van der Waals surface area contributed by atoms with E-state index in [1.165, 1.54) is 23.6 Å². The van der Waals surface area contributed by atoms with Crippen LogP contribution in [0, 0.1) is 0 Å². The van der Waals surface area contributed by atoms with Crippen molar-refractivity contribution in [1.82, 2.24) is 9.88 Å². The molecular weight excluding hydrogens is 276 g/mol. The molecule has 4 heteroatoms. The molecule has 3 rings (SSSR count). The van der Waals surface area contributed by atoms with Gasteiger partial charge < -0.3 is 9.72 Å². The van der Waals surface area contributed by atoms with Crippen molar-refractivity contribution < 1.29 is 11.0 Å². The van der Waals surface area contributed by atoms with Gasteiger partial charge in [0.15, 0.2) is 0 Å². The van der Waals surface area contributed by atoms with Gasteiger partial charge in [0.25, 0.3) is 0 Å². The molecule has 0 radical (unpaired) electrons. The second-order valence-corrected chi connectivity index (χ2v) is 5.33. The zero-order valence-corrected chi connectivity index (χ0v) is 13.8. The smallest absolute Gasteiger partial charge is 0.323 e. The van der Waals surface area contributed by atoms with Crippen molar-refractivity contribution in [2.75, 3.05) is 20.2 Å². The maximum atomic E-state index is 11.7. The van der Waals surface area contributed by atoms with E-state index in [2.05, 4.69) is 34.3 Å². The summed E-state index contributed by atoms with van der Waals surface area (Å²) in [7, 11) is 1.47. The Hall–Kier alpha value is -1.81. The standard InChI is InChI=1S/C16H20N2O2.C2H6.H2/c1-20-16(19)15-7-4-9-18(15)10-8-12-11-17-14-6-3-2-5-13(12)14;1-2;/h2-3,5-6,11,15,17H,4,7-10H2,1H3;1-2H3;1H/t15-;;/m0../s1. The summed E-state index contributed by atoms with van der Waals surface area (Å²) in [5.41, 5.74) is 2.49. The van der Waals surface area contributed by atoms with Gasteiger partial charge in [0.2, 0.25) is 0 Å². The number of methoxy groups -OCH3 is 1. The van der Waals surface area contributed by atoms with Crippen LogP contribution >= 0.6 is 0 Å². The number of para-hydroxylation sites is 1. The van der Waals surface area contributed by atoms with Gasteiger partial charge >= 0.3 is 5.97 Å². The molecule has 1 aromatic heterocycles. The number of ether oxygens (including phenoxy) is 1. The summed E-state index contributed by atoms with van der Waals surface area (Å²) in [6.07, 6.45) is 5.03. The molecule has 1 atom stereocenters. The number of fused-ring (bicyclic) bond motifs is 1. The van der Waals surface area contributed by atoms with E-state index in [0.29, 0.717) is 0 Å². The van der Waals surface area contributed by atoms with Gasteiger partial charge in [-0.05, 0) is 37.4 Å². The highest BCUT2D eigenvalue weighted by atomic mass is 16.5. The molecule has 0 amide bonds. The quantitative estimate of drug-likeness (QED) is 0.878. The fourth-order valence-corrected chi connectivity index (χ4v) is 3.10. The molecular formula is C18H28N2O2. The summed E-state index contributed by atoms with van der Waals surface area (Å²) in [6, 6.07) is 8.28. The van der Waals surface area contributed by atoms with E-state index in [1.807, 2.05) is 19.9 Å². The van der Waals surface area contributed by atoms with Crippen molar-refractivity contribution in [2.45, 2.75) is 39.2 Å². The maximum absolute atomic E-state index is 11.7. The summed E-state index contributed by atoms with van der Waals surface area (Å²) >= 11 is 0. The molecule has 122 valence electrons. The number of H-pyrrole nitrogens is 1. The third kappa shape index (κ3) is 3.50. The molecule has 1 N–H and O–H groups in total. The lowest BCUT2D eigenvalue weighted by molar-refractivity contribution is -0.145. The fourth-order valence-electron chi connectivity index (χ4n) is 3.10. The molecule has 4 nitrogen and oxygen atoms in total. The molecule has 1 aromatic carbocycles. The second-order valence-electron chi connectivity index (χ2n) is 5.33. The molecule has 2 heterocycles. The number of hydrogen-bond acceptors (Lipinski definition) is 3. The van der Waals surface area contributed by atoms with Crippen LogP contribution in [0.3, 0.4) is 0 Å². The van der Waals surface area contributed by atoms with E-state index in [0.717, 1.165) is 32.4 Å². The Balaban J connectivity index is 0.000000849.